The molecule has 0 fully saturated rings. The zero-order valence-corrected chi connectivity index (χ0v) is 19.0. The van der Waals surface area contributed by atoms with E-state index < -0.39 is 11.5 Å². The van der Waals surface area contributed by atoms with Gasteiger partial charge in [0.15, 0.2) is 5.78 Å². The van der Waals surface area contributed by atoms with Crippen molar-refractivity contribution in [3.63, 3.8) is 0 Å². The number of Topliss-reactive ketones (excluding diaryl/α,β-unsaturated/α-hetero) is 1. The minimum atomic E-state index is -0.746. The number of amides is 1. The topological polar surface area (TPSA) is 129 Å². The molecule has 0 atom stereocenters. The normalized spacial score (nSPS) is 10.8. The first kappa shape index (κ1) is 22.7. The maximum atomic E-state index is 12.9. The largest absolute Gasteiger partial charge is 0.497 e. The molecule has 0 spiro atoms. The third-order valence-corrected chi connectivity index (χ3v) is 5.45. The van der Waals surface area contributed by atoms with Gasteiger partial charge in [0.1, 0.15) is 23.4 Å². The van der Waals surface area contributed by atoms with Gasteiger partial charge in [-0.25, -0.2) is 4.79 Å². The van der Waals surface area contributed by atoms with Crippen LogP contribution in [0.1, 0.15) is 20.7 Å². The molecule has 2 aromatic heterocycles. The fourth-order valence-electron chi connectivity index (χ4n) is 3.61. The number of rotatable bonds is 7. The van der Waals surface area contributed by atoms with Crippen molar-refractivity contribution in [1.29, 1.82) is 0 Å². The summed E-state index contributed by atoms with van der Waals surface area (Å²) < 4.78 is 10.4. The van der Waals surface area contributed by atoms with Crippen LogP contribution in [0.4, 0.5) is 5.69 Å². The Kier molecular flexibility index (Phi) is 6.06. The van der Waals surface area contributed by atoms with E-state index in [9.17, 15) is 14.4 Å². The van der Waals surface area contributed by atoms with E-state index in [1.165, 1.54) is 10.9 Å². The Bertz CT molecular complexity index is 1640. The number of nitrogens with zero attached hydrogens (tertiary/aromatic N) is 4. The highest BCUT2D eigenvalue weighted by molar-refractivity contribution is 6.07. The van der Waals surface area contributed by atoms with Gasteiger partial charge in [-0.15, -0.1) is 10.2 Å². The van der Waals surface area contributed by atoms with Crippen LogP contribution in [0.5, 0.6) is 5.75 Å². The number of hydrogen-bond acceptors (Lipinski definition) is 8. The first-order valence-electron chi connectivity index (χ1n) is 10.9. The average molecular weight is 481 g/mol. The first-order chi connectivity index (χ1) is 17.5. The fourth-order valence-corrected chi connectivity index (χ4v) is 3.61. The number of carbonyl (C=O) groups excluding carboxylic acids is 2. The lowest BCUT2D eigenvalue weighted by Crippen LogP contribution is -2.21. The molecule has 0 saturated heterocycles. The summed E-state index contributed by atoms with van der Waals surface area (Å²) in [4.78, 5) is 39.1. The molecule has 5 aromatic rings. The van der Waals surface area contributed by atoms with Crippen molar-refractivity contribution in [2.45, 2.75) is 6.54 Å². The van der Waals surface area contributed by atoms with Crippen LogP contribution in [-0.2, 0) is 6.54 Å². The quantitative estimate of drug-likeness (QED) is 0.276. The van der Waals surface area contributed by atoms with E-state index in [1.54, 1.807) is 79.9 Å². The van der Waals surface area contributed by atoms with E-state index in [0.717, 1.165) is 0 Å². The number of ether oxygens (including phenoxy) is 1. The van der Waals surface area contributed by atoms with Gasteiger partial charge in [-0.3, -0.25) is 9.59 Å². The molecule has 0 radical (unpaired) electrons. The molecular formula is C26H19N5O5. The predicted molar refractivity (Wildman–Crippen MR) is 131 cm³/mol. The van der Waals surface area contributed by atoms with Gasteiger partial charge in [-0.1, -0.05) is 30.3 Å². The summed E-state index contributed by atoms with van der Waals surface area (Å²) in [6, 6.07) is 22.0. The highest BCUT2D eigenvalue weighted by atomic mass is 16.5. The maximum Gasteiger partial charge on any atom is 0.349 e. The number of ketones is 1. The van der Waals surface area contributed by atoms with Crippen LogP contribution >= 0.6 is 0 Å². The lowest BCUT2D eigenvalue weighted by atomic mass is 10.1. The van der Waals surface area contributed by atoms with E-state index in [1.807, 2.05) is 0 Å². The Morgan fingerprint density at radius 1 is 1.00 bits per heavy atom. The van der Waals surface area contributed by atoms with E-state index in [-0.39, 0.29) is 23.7 Å². The van der Waals surface area contributed by atoms with Crippen LogP contribution in [0.25, 0.3) is 22.4 Å². The number of para-hydroxylation sites is 2. The second-order valence-corrected chi connectivity index (χ2v) is 7.78. The summed E-state index contributed by atoms with van der Waals surface area (Å²) in [5.74, 6) is 0.0158. The van der Waals surface area contributed by atoms with Crippen molar-refractivity contribution < 1.29 is 18.7 Å². The Morgan fingerprint density at radius 3 is 2.56 bits per heavy atom. The standard InChI is InChI=1S/C26H19N5O5/c1-35-18-12-10-16(11-13-18)22(32)15-31-29-24(28-30-31)19-7-3-4-8-21(19)27-25(33)20-14-17-6-2-5-9-23(17)36-26(20)34/h2-14H,15H2,1H3,(H,27,33). The summed E-state index contributed by atoms with van der Waals surface area (Å²) >= 11 is 0. The molecule has 10 nitrogen and oxygen atoms in total. The monoisotopic (exact) mass is 481 g/mol. The molecule has 0 unspecified atom stereocenters. The van der Waals surface area contributed by atoms with Gasteiger partial charge in [0.05, 0.1) is 12.8 Å². The molecule has 0 aliphatic carbocycles. The molecule has 0 aliphatic rings. The van der Waals surface area contributed by atoms with Gasteiger partial charge < -0.3 is 14.5 Å². The van der Waals surface area contributed by atoms with Crippen molar-refractivity contribution in [1.82, 2.24) is 20.2 Å². The Labute approximate surface area is 204 Å². The summed E-state index contributed by atoms with van der Waals surface area (Å²) in [6.07, 6.45) is 0. The number of nitrogens with one attached hydrogen (secondary N) is 1. The van der Waals surface area contributed by atoms with Crippen molar-refractivity contribution in [2.24, 2.45) is 0 Å². The van der Waals surface area contributed by atoms with Crippen LogP contribution in [0, 0.1) is 0 Å². The lowest BCUT2D eigenvalue weighted by Gasteiger charge is -2.08. The third-order valence-electron chi connectivity index (χ3n) is 5.45. The molecule has 3 aromatic carbocycles. The molecular weight excluding hydrogens is 462 g/mol. The number of benzene rings is 3. The summed E-state index contributed by atoms with van der Waals surface area (Å²) in [5.41, 5.74) is 0.839. The van der Waals surface area contributed by atoms with E-state index in [2.05, 4.69) is 20.7 Å². The molecule has 178 valence electrons. The van der Waals surface area contributed by atoms with Crippen LogP contribution in [-0.4, -0.2) is 39.0 Å². The minimum Gasteiger partial charge on any atom is -0.497 e. The predicted octanol–water partition coefficient (Wildman–Crippen LogP) is 3.59. The average Bonchev–Trinajstić information content (AvgIpc) is 3.36. The van der Waals surface area contributed by atoms with Gasteiger partial charge in [0.25, 0.3) is 5.91 Å². The number of tetrazole rings is 1. The minimum absolute atomic E-state index is 0.119. The lowest BCUT2D eigenvalue weighted by molar-refractivity contribution is 0.0960. The number of methoxy groups -OCH3 is 1. The Balaban J connectivity index is 1.36. The van der Waals surface area contributed by atoms with Crippen LogP contribution < -0.4 is 15.7 Å². The van der Waals surface area contributed by atoms with E-state index in [4.69, 9.17) is 9.15 Å². The molecule has 1 N–H and O–H groups in total. The maximum absolute atomic E-state index is 12.9. The summed E-state index contributed by atoms with van der Waals surface area (Å²) in [6.45, 7) is -0.119. The zero-order valence-electron chi connectivity index (χ0n) is 19.0. The summed E-state index contributed by atoms with van der Waals surface area (Å²) in [5, 5.41) is 15.7. The number of hydrogen-bond donors (Lipinski definition) is 1. The number of carbonyl (C=O) groups is 2. The Morgan fingerprint density at radius 2 is 1.75 bits per heavy atom. The highest BCUT2D eigenvalue weighted by Crippen LogP contribution is 2.25. The van der Waals surface area contributed by atoms with Gasteiger partial charge in [0, 0.05) is 16.5 Å². The second-order valence-electron chi connectivity index (χ2n) is 7.78. The van der Waals surface area contributed by atoms with Gasteiger partial charge in [0.2, 0.25) is 5.82 Å². The van der Waals surface area contributed by atoms with Crippen molar-refractivity contribution in [2.75, 3.05) is 12.4 Å². The molecule has 2 heterocycles. The number of fused-ring (bicyclic) bond motifs is 1. The van der Waals surface area contributed by atoms with Gasteiger partial charge in [-0.2, -0.15) is 4.80 Å². The molecule has 0 saturated carbocycles. The van der Waals surface area contributed by atoms with E-state index in [0.29, 0.717) is 33.5 Å². The van der Waals surface area contributed by atoms with Crippen LogP contribution in [0.3, 0.4) is 0 Å². The summed E-state index contributed by atoms with van der Waals surface area (Å²) in [7, 11) is 1.55. The SMILES string of the molecule is COc1ccc(C(=O)Cn2nnc(-c3ccccc3NC(=O)c3cc4ccccc4oc3=O)n2)cc1. The van der Waals surface area contributed by atoms with Crippen LogP contribution in [0.15, 0.2) is 88.1 Å². The third kappa shape index (κ3) is 4.60. The smallest absolute Gasteiger partial charge is 0.349 e. The van der Waals surface area contributed by atoms with Crippen molar-refractivity contribution >= 4 is 28.3 Å². The highest BCUT2D eigenvalue weighted by Gasteiger charge is 2.18. The molecule has 1 amide bonds. The molecule has 0 aliphatic heterocycles. The van der Waals surface area contributed by atoms with E-state index >= 15 is 0 Å². The fraction of sp³-hybridized carbons (Fsp3) is 0.0769. The molecule has 5 rings (SSSR count). The molecule has 36 heavy (non-hydrogen) atoms. The second kappa shape index (κ2) is 9.63. The number of aromatic nitrogens is 4. The first-order valence-corrected chi connectivity index (χ1v) is 10.9. The Hall–Kier alpha value is -5.12. The molecule has 10 heteroatoms. The zero-order chi connectivity index (χ0) is 25.1. The van der Waals surface area contributed by atoms with Crippen LogP contribution in [0.2, 0.25) is 0 Å². The van der Waals surface area contributed by atoms with Gasteiger partial charge in [-0.05, 0) is 53.7 Å². The molecule has 0 bridgehead atoms. The van der Waals surface area contributed by atoms with Gasteiger partial charge >= 0.3 is 5.63 Å². The van der Waals surface area contributed by atoms with Crippen molar-refractivity contribution in [3.05, 3.63) is 100 Å². The van der Waals surface area contributed by atoms with Crippen molar-refractivity contribution in [3.8, 4) is 17.1 Å². The number of anilines is 1.